The number of carbonyl (C=O) groups excluding carboxylic acids is 1. The van der Waals surface area contributed by atoms with Crippen LogP contribution in [0.15, 0.2) is 0 Å². The Morgan fingerprint density at radius 3 is 2.43 bits per heavy atom. The quantitative estimate of drug-likeness (QED) is 0.602. The molecule has 0 radical (unpaired) electrons. The van der Waals surface area contributed by atoms with Gasteiger partial charge in [-0.1, -0.05) is 13.8 Å². The molecule has 0 aromatic carbocycles. The first-order valence-electron chi connectivity index (χ1n) is 4.94. The Morgan fingerprint density at radius 2 is 1.93 bits per heavy atom. The van der Waals surface area contributed by atoms with E-state index in [4.69, 9.17) is 0 Å². The third-order valence-corrected chi connectivity index (χ3v) is 3.59. The van der Waals surface area contributed by atoms with Crippen molar-refractivity contribution >= 4 is 15.6 Å². The van der Waals surface area contributed by atoms with E-state index in [0.29, 0.717) is 0 Å². The molecule has 84 valence electrons. The summed E-state index contributed by atoms with van der Waals surface area (Å²) in [6.45, 7) is 4.69. The van der Waals surface area contributed by atoms with Crippen LogP contribution in [0.5, 0.6) is 0 Å². The van der Waals surface area contributed by atoms with E-state index < -0.39 is 9.84 Å². The van der Waals surface area contributed by atoms with Gasteiger partial charge in [0.2, 0.25) is 0 Å². The molecule has 4 nitrogen and oxygen atoms in total. The smallest absolute Gasteiger partial charge is 0.150 e. The molecule has 0 rings (SSSR count). The van der Waals surface area contributed by atoms with Gasteiger partial charge in [-0.2, -0.15) is 0 Å². The summed E-state index contributed by atoms with van der Waals surface area (Å²) in [7, 11) is -2.99. The first kappa shape index (κ1) is 13.6. The molecule has 0 fully saturated rings. The summed E-state index contributed by atoms with van der Waals surface area (Å²) in [5, 5.41) is 2.94. The van der Waals surface area contributed by atoms with Gasteiger partial charge in [0, 0.05) is 12.2 Å². The molecule has 0 amide bonds. The summed E-state index contributed by atoms with van der Waals surface area (Å²) in [6, 6.07) is 0. The maximum absolute atomic E-state index is 11.2. The molecule has 0 spiro atoms. The molecular formula is C9H19NO3S. The van der Waals surface area contributed by atoms with Crippen LogP contribution in [0.4, 0.5) is 0 Å². The van der Waals surface area contributed by atoms with Crippen LogP contribution in [0.2, 0.25) is 0 Å². The van der Waals surface area contributed by atoms with Crippen molar-refractivity contribution in [3.63, 3.8) is 0 Å². The van der Waals surface area contributed by atoms with Gasteiger partial charge in [0.05, 0.1) is 12.3 Å². The van der Waals surface area contributed by atoms with Gasteiger partial charge in [-0.25, -0.2) is 8.42 Å². The Labute approximate surface area is 86.0 Å². The van der Waals surface area contributed by atoms with Crippen LogP contribution in [0, 0.1) is 0 Å². The average molecular weight is 221 g/mol. The minimum atomic E-state index is -2.99. The van der Waals surface area contributed by atoms with Gasteiger partial charge in [-0.15, -0.1) is 0 Å². The standard InChI is InChI=1S/C9H19NO3S/c1-3-6-10-8-9(11)5-7-14(12,13)4-2/h10H,3-8H2,1-2H3. The molecule has 0 aromatic rings. The molecule has 1 N–H and O–H groups in total. The van der Waals surface area contributed by atoms with Gasteiger partial charge in [0.15, 0.2) is 0 Å². The van der Waals surface area contributed by atoms with Crippen molar-refractivity contribution in [3.05, 3.63) is 0 Å². The molecule has 0 atom stereocenters. The summed E-state index contributed by atoms with van der Waals surface area (Å²) in [4.78, 5) is 11.2. The molecule has 14 heavy (non-hydrogen) atoms. The maximum Gasteiger partial charge on any atom is 0.150 e. The van der Waals surface area contributed by atoms with Gasteiger partial charge >= 0.3 is 0 Å². The highest BCUT2D eigenvalue weighted by molar-refractivity contribution is 7.91. The van der Waals surface area contributed by atoms with Crippen molar-refractivity contribution in [2.75, 3.05) is 24.6 Å². The third kappa shape index (κ3) is 7.03. The van der Waals surface area contributed by atoms with E-state index in [1.54, 1.807) is 6.92 Å². The highest BCUT2D eigenvalue weighted by Crippen LogP contribution is 1.94. The molecule has 0 unspecified atom stereocenters. The second-order valence-corrected chi connectivity index (χ2v) is 5.67. The van der Waals surface area contributed by atoms with E-state index in [1.165, 1.54) is 0 Å². The number of hydrogen-bond acceptors (Lipinski definition) is 4. The fourth-order valence-electron chi connectivity index (χ4n) is 0.907. The highest BCUT2D eigenvalue weighted by Gasteiger charge is 2.10. The average Bonchev–Trinajstić information content (AvgIpc) is 2.16. The number of ketones is 1. The van der Waals surface area contributed by atoms with Gasteiger partial charge < -0.3 is 5.32 Å². The van der Waals surface area contributed by atoms with Crippen LogP contribution in [0.25, 0.3) is 0 Å². The Balaban J connectivity index is 3.64. The lowest BCUT2D eigenvalue weighted by molar-refractivity contribution is -0.117. The van der Waals surface area contributed by atoms with Crippen molar-refractivity contribution in [1.82, 2.24) is 5.32 Å². The van der Waals surface area contributed by atoms with E-state index in [9.17, 15) is 13.2 Å². The SMILES string of the molecule is CCCNCC(=O)CCS(=O)(=O)CC. The molecule has 0 heterocycles. The van der Waals surface area contributed by atoms with Crippen LogP contribution >= 0.6 is 0 Å². The molecule has 0 aromatic heterocycles. The third-order valence-electron chi connectivity index (χ3n) is 1.88. The van der Waals surface area contributed by atoms with E-state index >= 15 is 0 Å². The Bertz CT molecular complexity index is 259. The molecule has 0 aliphatic carbocycles. The predicted octanol–water partition coefficient (Wildman–Crippen LogP) is 0.380. The van der Waals surface area contributed by atoms with E-state index in [2.05, 4.69) is 5.32 Å². The minimum Gasteiger partial charge on any atom is -0.310 e. The van der Waals surface area contributed by atoms with Crippen LogP contribution in [0.1, 0.15) is 26.7 Å². The van der Waals surface area contributed by atoms with E-state index in [1.807, 2.05) is 6.92 Å². The second kappa shape index (κ2) is 6.95. The van der Waals surface area contributed by atoms with E-state index in [-0.39, 0.29) is 30.3 Å². The number of nitrogens with one attached hydrogen (secondary N) is 1. The monoisotopic (exact) mass is 221 g/mol. The summed E-state index contributed by atoms with van der Waals surface area (Å²) in [5.74, 6) is 0.0641. The molecule has 0 bridgehead atoms. The van der Waals surface area contributed by atoms with Crippen molar-refractivity contribution in [2.24, 2.45) is 0 Å². The number of Topliss-reactive ketones (excluding diaryl/α,β-unsaturated/α-hetero) is 1. The van der Waals surface area contributed by atoms with Crippen LogP contribution < -0.4 is 5.32 Å². The van der Waals surface area contributed by atoms with Gasteiger partial charge in [0.25, 0.3) is 0 Å². The lowest BCUT2D eigenvalue weighted by Crippen LogP contribution is -2.25. The number of rotatable bonds is 8. The topological polar surface area (TPSA) is 63.2 Å². The van der Waals surface area contributed by atoms with Gasteiger partial charge in [-0.3, -0.25) is 4.79 Å². The number of hydrogen-bond donors (Lipinski definition) is 1. The fraction of sp³-hybridized carbons (Fsp3) is 0.889. The zero-order valence-corrected chi connectivity index (χ0v) is 9.69. The zero-order chi connectivity index (χ0) is 11.0. The largest absolute Gasteiger partial charge is 0.310 e. The fourth-order valence-corrected chi connectivity index (χ4v) is 1.73. The molecular weight excluding hydrogens is 202 g/mol. The van der Waals surface area contributed by atoms with Crippen molar-refractivity contribution < 1.29 is 13.2 Å². The lowest BCUT2D eigenvalue weighted by Gasteiger charge is -2.02. The van der Waals surface area contributed by atoms with Crippen LogP contribution in [-0.4, -0.2) is 38.8 Å². The number of sulfone groups is 1. The first-order valence-corrected chi connectivity index (χ1v) is 6.76. The summed E-state index contributed by atoms with van der Waals surface area (Å²) in [5.41, 5.74) is 0. The molecule has 0 aliphatic heterocycles. The summed E-state index contributed by atoms with van der Waals surface area (Å²) >= 11 is 0. The Hall–Kier alpha value is -0.420. The van der Waals surface area contributed by atoms with Gasteiger partial charge in [-0.05, 0) is 13.0 Å². The number of carbonyl (C=O) groups is 1. The normalized spacial score (nSPS) is 11.6. The van der Waals surface area contributed by atoms with Crippen molar-refractivity contribution in [2.45, 2.75) is 26.7 Å². The first-order chi connectivity index (χ1) is 6.52. The van der Waals surface area contributed by atoms with Gasteiger partial charge in [0.1, 0.15) is 15.6 Å². The molecule has 0 saturated heterocycles. The predicted molar refractivity (Wildman–Crippen MR) is 57.1 cm³/mol. The Morgan fingerprint density at radius 1 is 1.29 bits per heavy atom. The lowest BCUT2D eigenvalue weighted by atomic mass is 10.3. The van der Waals surface area contributed by atoms with E-state index in [0.717, 1.165) is 13.0 Å². The Kier molecular flexibility index (Phi) is 6.74. The summed E-state index contributed by atoms with van der Waals surface area (Å²) < 4.78 is 22.1. The maximum atomic E-state index is 11.2. The molecule has 0 saturated carbocycles. The summed E-state index contributed by atoms with van der Waals surface area (Å²) in [6.07, 6.45) is 1.10. The zero-order valence-electron chi connectivity index (χ0n) is 8.88. The minimum absolute atomic E-state index is 0.0177. The van der Waals surface area contributed by atoms with Crippen LogP contribution in [-0.2, 0) is 14.6 Å². The molecule has 5 heteroatoms. The van der Waals surface area contributed by atoms with Crippen molar-refractivity contribution in [1.29, 1.82) is 0 Å². The van der Waals surface area contributed by atoms with Crippen molar-refractivity contribution in [3.8, 4) is 0 Å². The highest BCUT2D eigenvalue weighted by atomic mass is 32.2. The second-order valence-electron chi connectivity index (χ2n) is 3.20. The van der Waals surface area contributed by atoms with Crippen LogP contribution in [0.3, 0.4) is 0 Å². The molecule has 0 aliphatic rings.